The van der Waals surface area contributed by atoms with Crippen molar-refractivity contribution in [1.82, 2.24) is 5.32 Å². The van der Waals surface area contributed by atoms with Gasteiger partial charge in [-0.25, -0.2) is 0 Å². The van der Waals surface area contributed by atoms with Gasteiger partial charge in [-0.05, 0) is 30.4 Å². The Morgan fingerprint density at radius 1 is 1.39 bits per heavy atom. The van der Waals surface area contributed by atoms with Gasteiger partial charge in [0.2, 0.25) is 0 Å². The third-order valence-electron chi connectivity index (χ3n) is 3.74. The van der Waals surface area contributed by atoms with Crippen LogP contribution < -0.4 is 5.32 Å². The summed E-state index contributed by atoms with van der Waals surface area (Å²) >= 11 is 0. The van der Waals surface area contributed by atoms with Crippen LogP contribution >= 0.6 is 0 Å². The van der Waals surface area contributed by atoms with E-state index in [-0.39, 0.29) is 17.9 Å². The van der Waals surface area contributed by atoms with E-state index in [0.29, 0.717) is 12.5 Å². The lowest BCUT2D eigenvalue weighted by Gasteiger charge is -2.15. The van der Waals surface area contributed by atoms with Crippen molar-refractivity contribution in [2.75, 3.05) is 13.2 Å². The lowest BCUT2D eigenvalue weighted by molar-refractivity contribution is 0.0934. The van der Waals surface area contributed by atoms with Crippen LogP contribution in [0.4, 0.5) is 0 Å². The Hall–Kier alpha value is -1.35. The first-order valence-corrected chi connectivity index (χ1v) is 6.56. The Bertz CT molecular complexity index is 436. The lowest BCUT2D eigenvalue weighted by atomic mass is 9.96. The van der Waals surface area contributed by atoms with Crippen molar-refractivity contribution in [3.05, 3.63) is 35.4 Å². The van der Waals surface area contributed by atoms with Crippen LogP contribution in [0.5, 0.6) is 0 Å². The molecule has 2 rings (SSSR count). The maximum atomic E-state index is 12.2. The third kappa shape index (κ3) is 2.72. The van der Waals surface area contributed by atoms with Crippen LogP contribution in [0.3, 0.4) is 0 Å². The second-order valence-electron chi connectivity index (χ2n) is 5.58. The minimum absolute atomic E-state index is 0.0287. The number of hydrogen-bond acceptors (Lipinski definition) is 2. The van der Waals surface area contributed by atoms with Gasteiger partial charge in [0.1, 0.15) is 0 Å². The van der Waals surface area contributed by atoms with Crippen molar-refractivity contribution in [3.63, 3.8) is 0 Å². The van der Waals surface area contributed by atoms with E-state index >= 15 is 0 Å². The predicted octanol–water partition coefficient (Wildman–Crippen LogP) is 2.31. The molecule has 2 N–H and O–H groups in total. The average Bonchev–Trinajstić information content (AvgIpc) is 3.16. The fourth-order valence-electron chi connectivity index (χ4n) is 2.14. The zero-order valence-corrected chi connectivity index (χ0v) is 11.1. The largest absolute Gasteiger partial charge is 0.396 e. The van der Waals surface area contributed by atoms with Gasteiger partial charge in [0.25, 0.3) is 5.91 Å². The molecule has 1 aliphatic rings. The lowest BCUT2D eigenvalue weighted by Crippen LogP contribution is -2.32. The Kier molecular flexibility index (Phi) is 3.71. The molecular weight excluding hydrogens is 226 g/mol. The summed E-state index contributed by atoms with van der Waals surface area (Å²) in [5.41, 5.74) is 1.78. The molecule has 0 unspecified atom stereocenters. The monoisotopic (exact) mass is 247 g/mol. The zero-order valence-electron chi connectivity index (χ0n) is 11.1. The van der Waals surface area contributed by atoms with Crippen LogP contribution in [-0.2, 0) is 0 Å². The van der Waals surface area contributed by atoms with Crippen molar-refractivity contribution >= 4 is 5.91 Å². The minimum atomic E-state index is -0.0393. The Morgan fingerprint density at radius 2 is 2.06 bits per heavy atom. The smallest absolute Gasteiger partial charge is 0.251 e. The fraction of sp³-hybridized carbons (Fsp3) is 0.533. The van der Waals surface area contributed by atoms with E-state index in [1.54, 1.807) is 0 Å². The van der Waals surface area contributed by atoms with E-state index in [0.717, 1.165) is 24.0 Å². The molecule has 18 heavy (non-hydrogen) atoms. The summed E-state index contributed by atoms with van der Waals surface area (Å²) in [6.45, 7) is 4.91. The molecule has 0 heterocycles. The molecule has 1 aliphatic carbocycles. The number of amides is 1. The molecule has 1 saturated carbocycles. The summed E-state index contributed by atoms with van der Waals surface area (Å²) in [7, 11) is 0. The van der Waals surface area contributed by atoms with E-state index in [2.05, 4.69) is 19.2 Å². The molecule has 0 bridgehead atoms. The molecule has 0 radical (unpaired) electrons. The second kappa shape index (κ2) is 5.11. The Morgan fingerprint density at radius 3 is 2.61 bits per heavy atom. The highest BCUT2D eigenvalue weighted by Crippen LogP contribution is 2.44. The SMILES string of the molecule is CC(C)c1ccccc1C(=O)NCC1(CO)CC1. The van der Waals surface area contributed by atoms with Gasteiger partial charge in [0.05, 0.1) is 6.61 Å². The van der Waals surface area contributed by atoms with Crippen LogP contribution in [0.15, 0.2) is 24.3 Å². The molecule has 1 aromatic rings. The molecule has 0 atom stereocenters. The normalized spacial score (nSPS) is 16.7. The van der Waals surface area contributed by atoms with Gasteiger partial charge in [0.15, 0.2) is 0 Å². The Labute approximate surface area is 108 Å². The maximum Gasteiger partial charge on any atom is 0.251 e. The highest BCUT2D eigenvalue weighted by Gasteiger charge is 2.42. The quantitative estimate of drug-likeness (QED) is 0.839. The zero-order chi connectivity index (χ0) is 13.2. The fourth-order valence-corrected chi connectivity index (χ4v) is 2.14. The summed E-state index contributed by atoms with van der Waals surface area (Å²) in [5, 5.41) is 12.2. The van der Waals surface area contributed by atoms with E-state index < -0.39 is 0 Å². The number of aliphatic hydroxyl groups is 1. The number of carbonyl (C=O) groups is 1. The molecule has 3 nitrogen and oxygen atoms in total. The molecule has 1 aromatic carbocycles. The van der Waals surface area contributed by atoms with Crippen molar-refractivity contribution in [1.29, 1.82) is 0 Å². The molecule has 0 aromatic heterocycles. The Balaban J connectivity index is 2.05. The first-order chi connectivity index (χ1) is 8.58. The minimum Gasteiger partial charge on any atom is -0.396 e. The average molecular weight is 247 g/mol. The van der Waals surface area contributed by atoms with E-state index in [1.165, 1.54) is 0 Å². The standard InChI is InChI=1S/C15H21NO2/c1-11(2)12-5-3-4-6-13(12)14(18)16-9-15(10-17)7-8-15/h3-6,11,17H,7-10H2,1-2H3,(H,16,18). The summed E-state index contributed by atoms with van der Waals surface area (Å²) in [6.07, 6.45) is 2.02. The van der Waals surface area contributed by atoms with E-state index in [9.17, 15) is 9.90 Å². The molecule has 0 spiro atoms. The van der Waals surface area contributed by atoms with E-state index in [4.69, 9.17) is 0 Å². The third-order valence-corrected chi connectivity index (χ3v) is 3.74. The van der Waals surface area contributed by atoms with Gasteiger partial charge < -0.3 is 10.4 Å². The van der Waals surface area contributed by atoms with Gasteiger partial charge >= 0.3 is 0 Å². The number of rotatable bonds is 5. The first kappa shape index (κ1) is 13.1. The second-order valence-corrected chi connectivity index (χ2v) is 5.58. The number of hydrogen-bond donors (Lipinski definition) is 2. The molecular formula is C15H21NO2. The highest BCUT2D eigenvalue weighted by atomic mass is 16.3. The topological polar surface area (TPSA) is 49.3 Å². The summed E-state index contributed by atoms with van der Waals surface area (Å²) in [5.74, 6) is 0.304. The van der Waals surface area contributed by atoms with Gasteiger partial charge in [-0.3, -0.25) is 4.79 Å². The molecule has 1 amide bonds. The van der Waals surface area contributed by atoms with Crippen LogP contribution in [0.2, 0.25) is 0 Å². The van der Waals surface area contributed by atoms with Gasteiger partial charge in [0, 0.05) is 17.5 Å². The summed E-state index contributed by atoms with van der Waals surface area (Å²) in [6, 6.07) is 7.71. The van der Waals surface area contributed by atoms with Gasteiger partial charge in [-0.1, -0.05) is 32.0 Å². The molecule has 98 valence electrons. The number of nitrogens with one attached hydrogen (secondary N) is 1. The van der Waals surface area contributed by atoms with Crippen LogP contribution in [0, 0.1) is 5.41 Å². The van der Waals surface area contributed by atoms with Crippen LogP contribution in [0.1, 0.15) is 48.5 Å². The molecule has 0 saturated heterocycles. The van der Waals surface area contributed by atoms with Crippen molar-refractivity contribution in [3.8, 4) is 0 Å². The molecule has 1 fully saturated rings. The number of carbonyl (C=O) groups excluding carboxylic acids is 1. The highest BCUT2D eigenvalue weighted by molar-refractivity contribution is 5.95. The van der Waals surface area contributed by atoms with Crippen molar-refractivity contribution < 1.29 is 9.90 Å². The van der Waals surface area contributed by atoms with Crippen LogP contribution in [-0.4, -0.2) is 24.2 Å². The molecule has 3 heteroatoms. The van der Waals surface area contributed by atoms with Crippen molar-refractivity contribution in [2.24, 2.45) is 5.41 Å². The first-order valence-electron chi connectivity index (χ1n) is 6.56. The van der Waals surface area contributed by atoms with Gasteiger partial charge in [-0.2, -0.15) is 0 Å². The van der Waals surface area contributed by atoms with E-state index in [1.807, 2.05) is 24.3 Å². The summed E-state index contributed by atoms with van der Waals surface area (Å²) in [4.78, 5) is 12.2. The predicted molar refractivity (Wildman–Crippen MR) is 71.6 cm³/mol. The summed E-state index contributed by atoms with van der Waals surface area (Å²) < 4.78 is 0. The molecule has 0 aliphatic heterocycles. The van der Waals surface area contributed by atoms with Gasteiger partial charge in [-0.15, -0.1) is 0 Å². The van der Waals surface area contributed by atoms with Crippen LogP contribution in [0.25, 0.3) is 0 Å². The number of benzene rings is 1. The van der Waals surface area contributed by atoms with Crippen molar-refractivity contribution in [2.45, 2.75) is 32.6 Å². The maximum absolute atomic E-state index is 12.2. The number of aliphatic hydroxyl groups excluding tert-OH is 1.